The molecule has 0 bridgehead atoms. The molecule has 0 radical (unpaired) electrons. The van der Waals surface area contributed by atoms with Crippen molar-refractivity contribution in [2.45, 2.75) is 36.5 Å². The van der Waals surface area contributed by atoms with Crippen LogP contribution >= 0.6 is 34.8 Å². The van der Waals surface area contributed by atoms with Crippen LogP contribution in [0, 0.1) is 0 Å². The molecule has 0 aromatic heterocycles. The minimum Gasteiger partial charge on any atom is -0.445 e. The van der Waals surface area contributed by atoms with E-state index in [1.54, 1.807) is 4.90 Å². The number of halogens is 3. The summed E-state index contributed by atoms with van der Waals surface area (Å²) in [7, 11) is 0. The number of alkyl halides is 3. The maximum absolute atomic E-state index is 12.1. The average molecular weight is 353 g/mol. The summed E-state index contributed by atoms with van der Waals surface area (Å²) >= 11 is 16.8. The molecular weight excluding hydrogens is 333 g/mol. The van der Waals surface area contributed by atoms with Crippen molar-refractivity contribution in [1.82, 2.24) is 4.90 Å². The van der Waals surface area contributed by atoms with Crippen LogP contribution in [0.25, 0.3) is 0 Å². The fraction of sp³-hybridized carbons (Fsp3) is 0.533. The molecule has 1 amide bonds. The molecule has 0 N–H and O–H groups in total. The number of amides is 1. The molecule has 0 aliphatic carbocycles. The zero-order chi connectivity index (χ0) is 15.9. The number of ether oxygens (including phenoxy) is 1. The molecule has 0 saturated carbocycles. The number of hydrogen-bond acceptors (Lipinski definition) is 2. The number of hydrogen-bond donors (Lipinski definition) is 0. The van der Waals surface area contributed by atoms with Gasteiger partial charge in [-0.15, -0.1) is 0 Å². The Morgan fingerprint density at radius 3 is 2.43 bits per heavy atom. The Bertz CT molecular complexity index is 434. The van der Waals surface area contributed by atoms with Crippen molar-refractivity contribution in [1.29, 1.82) is 0 Å². The summed E-state index contributed by atoms with van der Waals surface area (Å²) in [6, 6.07) is 10.0. The highest BCUT2D eigenvalue weighted by Gasteiger charge is 2.26. The monoisotopic (exact) mass is 351 g/mol. The first-order chi connectivity index (χ1) is 9.83. The van der Waals surface area contributed by atoms with Crippen molar-refractivity contribution in [3.63, 3.8) is 0 Å². The zero-order valence-electron chi connectivity index (χ0n) is 12.2. The van der Waals surface area contributed by atoms with Crippen LogP contribution in [0.2, 0.25) is 0 Å². The molecule has 118 valence electrons. The van der Waals surface area contributed by atoms with E-state index in [2.05, 4.69) is 0 Å². The third-order valence-corrected chi connectivity index (χ3v) is 3.29. The van der Waals surface area contributed by atoms with E-state index in [1.807, 2.05) is 44.2 Å². The summed E-state index contributed by atoms with van der Waals surface area (Å²) in [5.74, 6) is 0. The standard InChI is InChI=1S/C15H20Cl3NO2/c1-3-9-19(14(20)21-11-15(16,17)18)12(2)10-13-7-5-4-6-8-13/h4-8,12H,3,9-11H2,1-2H3. The van der Waals surface area contributed by atoms with Crippen LogP contribution in [0.1, 0.15) is 25.8 Å². The lowest BCUT2D eigenvalue weighted by Gasteiger charge is -2.29. The van der Waals surface area contributed by atoms with Gasteiger partial charge >= 0.3 is 6.09 Å². The molecule has 1 rings (SSSR count). The predicted molar refractivity (Wildman–Crippen MR) is 88.2 cm³/mol. The zero-order valence-corrected chi connectivity index (χ0v) is 14.5. The largest absolute Gasteiger partial charge is 0.445 e. The van der Waals surface area contributed by atoms with Gasteiger partial charge in [-0.25, -0.2) is 4.79 Å². The summed E-state index contributed by atoms with van der Waals surface area (Å²) in [4.78, 5) is 13.8. The van der Waals surface area contributed by atoms with Gasteiger partial charge in [0.25, 0.3) is 0 Å². The Kier molecular flexibility index (Phi) is 7.64. The lowest BCUT2D eigenvalue weighted by molar-refractivity contribution is 0.0902. The highest BCUT2D eigenvalue weighted by molar-refractivity contribution is 6.67. The van der Waals surface area contributed by atoms with E-state index in [0.29, 0.717) is 6.54 Å². The van der Waals surface area contributed by atoms with Crippen LogP contribution in [0.4, 0.5) is 4.79 Å². The predicted octanol–water partition coefficient (Wildman–Crippen LogP) is 4.84. The highest BCUT2D eigenvalue weighted by atomic mass is 35.6. The van der Waals surface area contributed by atoms with Crippen molar-refractivity contribution in [3.8, 4) is 0 Å². The van der Waals surface area contributed by atoms with Gasteiger partial charge in [0.15, 0.2) is 0 Å². The van der Waals surface area contributed by atoms with Crippen molar-refractivity contribution in [2.75, 3.05) is 13.2 Å². The van der Waals surface area contributed by atoms with E-state index in [4.69, 9.17) is 39.5 Å². The van der Waals surface area contributed by atoms with Crippen LogP contribution < -0.4 is 0 Å². The molecule has 3 nitrogen and oxygen atoms in total. The highest BCUT2D eigenvalue weighted by Crippen LogP contribution is 2.26. The molecule has 0 aliphatic rings. The van der Waals surface area contributed by atoms with E-state index in [9.17, 15) is 4.79 Å². The summed E-state index contributed by atoms with van der Waals surface area (Å²) in [5.41, 5.74) is 1.17. The van der Waals surface area contributed by atoms with E-state index < -0.39 is 9.89 Å². The summed E-state index contributed by atoms with van der Waals surface area (Å²) in [5, 5.41) is 0. The van der Waals surface area contributed by atoms with Crippen molar-refractivity contribution < 1.29 is 9.53 Å². The van der Waals surface area contributed by atoms with Crippen LogP contribution in [0.3, 0.4) is 0 Å². The minimum atomic E-state index is -1.59. The number of benzene rings is 1. The van der Waals surface area contributed by atoms with Crippen molar-refractivity contribution in [2.24, 2.45) is 0 Å². The van der Waals surface area contributed by atoms with Crippen LogP contribution in [-0.2, 0) is 11.2 Å². The fourth-order valence-corrected chi connectivity index (χ4v) is 2.19. The molecule has 0 spiro atoms. The Balaban J connectivity index is 2.64. The van der Waals surface area contributed by atoms with Gasteiger partial charge in [0, 0.05) is 12.6 Å². The third kappa shape index (κ3) is 7.25. The average Bonchev–Trinajstić information content (AvgIpc) is 2.42. The molecule has 1 aromatic rings. The van der Waals surface area contributed by atoms with Gasteiger partial charge in [-0.1, -0.05) is 72.1 Å². The lowest BCUT2D eigenvalue weighted by atomic mass is 10.1. The topological polar surface area (TPSA) is 29.5 Å². The van der Waals surface area contributed by atoms with Crippen molar-refractivity contribution in [3.05, 3.63) is 35.9 Å². The maximum atomic E-state index is 12.1. The smallest absolute Gasteiger partial charge is 0.410 e. The lowest BCUT2D eigenvalue weighted by Crippen LogP contribution is -2.41. The van der Waals surface area contributed by atoms with Crippen LogP contribution in [0.5, 0.6) is 0 Å². The minimum absolute atomic E-state index is 0.00947. The van der Waals surface area contributed by atoms with E-state index in [0.717, 1.165) is 12.8 Å². The molecule has 0 saturated heterocycles. The normalized spacial score (nSPS) is 12.8. The second-order valence-corrected chi connectivity index (χ2v) is 7.42. The first kappa shape index (κ1) is 18.4. The summed E-state index contributed by atoms with van der Waals surface area (Å²) in [6.07, 6.45) is 1.14. The Labute approximate surface area is 141 Å². The van der Waals surface area contributed by atoms with E-state index in [-0.39, 0.29) is 12.6 Å². The van der Waals surface area contributed by atoms with E-state index in [1.165, 1.54) is 5.56 Å². The van der Waals surface area contributed by atoms with Gasteiger partial charge < -0.3 is 9.64 Å². The number of carbonyl (C=O) groups is 1. The molecule has 0 aliphatic heterocycles. The van der Waals surface area contributed by atoms with Gasteiger partial charge in [-0.05, 0) is 25.3 Å². The quantitative estimate of drug-likeness (QED) is 0.686. The van der Waals surface area contributed by atoms with Gasteiger partial charge in [-0.3, -0.25) is 0 Å². The van der Waals surface area contributed by atoms with Gasteiger partial charge in [0.2, 0.25) is 3.79 Å². The molecule has 21 heavy (non-hydrogen) atoms. The Morgan fingerprint density at radius 1 is 1.29 bits per heavy atom. The van der Waals surface area contributed by atoms with Gasteiger partial charge in [-0.2, -0.15) is 0 Å². The maximum Gasteiger partial charge on any atom is 0.410 e. The number of nitrogens with zero attached hydrogens (tertiary/aromatic N) is 1. The third-order valence-electron chi connectivity index (χ3n) is 2.96. The van der Waals surface area contributed by atoms with Crippen LogP contribution in [0.15, 0.2) is 30.3 Å². The first-order valence-corrected chi connectivity index (χ1v) is 8.01. The number of carbonyl (C=O) groups excluding carboxylic acids is 1. The SMILES string of the molecule is CCCN(C(=O)OCC(Cl)(Cl)Cl)C(C)Cc1ccccc1. The Morgan fingerprint density at radius 2 is 1.90 bits per heavy atom. The summed E-state index contributed by atoms with van der Waals surface area (Å²) < 4.78 is 3.48. The van der Waals surface area contributed by atoms with E-state index >= 15 is 0 Å². The molecule has 6 heteroatoms. The molecule has 0 fully saturated rings. The fourth-order valence-electron chi connectivity index (χ4n) is 2.02. The first-order valence-electron chi connectivity index (χ1n) is 6.87. The second kappa shape index (κ2) is 8.72. The molecule has 1 aromatic carbocycles. The Hall–Kier alpha value is -0.640. The molecule has 0 heterocycles. The van der Waals surface area contributed by atoms with Gasteiger partial charge in [0.1, 0.15) is 6.61 Å². The number of rotatable bonds is 6. The molecular formula is C15H20Cl3NO2. The molecule has 1 unspecified atom stereocenters. The van der Waals surface area contributed by atoms with Crippen molar-refractivity contribution >= 4 is 40.9 Å². The van der Waals surface area contributed by atoms with Crippen LogP contribution in [-0.4, -0.2) is 34.0 Å². The second-order valence-electron chi connectivity index (χ2n) is 4.90. The van der Waals surface area contributed by atoms with Gasteiger partial charge in [0.05, 0.1) is 0 Å². The molecule has 1 atom stereocenters. The summed E-state index contributed by atoms with van der Waals surface area (Å²) in [6.45, 7) is 4.34.